The molecule has 0 radical (unpaired) electrons. The Bertz CT molecular complexity index is 641. The maximum absolute atomic E-state index is 10.8. The number of phenols is 1. The van der Waals surface area contributed by atoms with Gasteiger partial charge in [-0.2, -0.15) is 5.11 Å². The summed E-state index contributed by atoms with van der Waals surface area (Å²) in [6, 6.07) is 11.4. The molecule has 0 aliphatic heterocycles. The number of benzene rings is 2. The van der Waals surface area contributed by atoms with Crippen LogP contribution in [0.3, 0.4) is 0 Å². The van der Waals surface area contributed by atoms with E-state index in [1.165, 1.54) is 6.07 Å². The molecule has 2 aromatic carbocycles. The van der Waals surface area contributed by atoms with Gasteiger partial charge in [0.05, 0.1) is 10.6 Å². The zero-order valence-electron chi connectivity index (χ0n) is 9.72. The van der Waals surface area contributed by atoms with Crippen molar-refractivity contribution in [3.8, 4) is 5.75 Å². The summed E-state index contributed by atoms with van der Waals surface area (Å²) in [6.07, 6.45) is 0. The van der Waals surface area contributed by atoms with Gasteiger partial charge < -0.3 is 10.8 Å². The normalized spacial score (nSPS) is 10.7. The van der Waals surface area contributed by atoms with Crippen molar-refractivity contribution in [1.82, 2.24) is 0 Å². The van der Waals surface area contributed by atoms with Crippen LogP contribution >= 0.6 is 0 Å². The largest absolute Gasteiger partial charge is 0.502 e. The van der Waals surface area contributed by atoms with Gasteiger partial charge in [-0.1, -0.05) is 18.2 Å². The third-order valence-electron chi connectivity index (χ3n) is 2.38. The van der Waals surface area contributed by atoms with E-state index in [2.05, 4.69) is 10.2 Å². The fourth-order valence-electron chi connectivity index (χ4n) is 1.47. The Labute approximate surface area is 108 Å². The number of phenolic OH excluding ortho intramolecular Hbond substituents is 1. The van der Waals surface area contributed by atoms with E-state index in [1.807, 2.05) is 6.07 Å². The van der Waals surface area contributed by atoms with Crippen LogP contribution in [-0.4, -0.2) is 10.0 Å². The zero-order chi connectivity index (χ0) is 13.8. The van der Waals surface area contributed by atoms with Crippen LogP contribution in [0.5, 0.6) is 5.75 Å². The monoisotopic (exact) mass is 258 g/mol. The first-order valence-electron chi connectivity index (χ1n) is 5.32. The smallest absolute Gasteiger partial charge is 0.335 e. The van der Waals surface area contributed by atoms with Crippen molar-refractivity contribution < 1.29 is 10.0 Å². The van der Waals surface area contributed by atoms with E-state index in [0.717, 1.165) is 6.07 Å². The highest BCUT2D eigenvalue weighted by molar-refractivity contribution is 5.77. The maximum atomic E-state index is 10.8. The van der Waals surface area contributed by atoms with Crippen molar-refractivity contribution in [1.29, 1.82) is 0 Å². The van der Waals surface area contributed by atoms with Crippen LogP contribution in [0.4, 0.5) is 22.7 Å². The number of nitro groups is 1. The van der Waals surface area contributed by atoms with Crippen LogP contribution in [0.2, 0.25) is 0 Å². The van der Waals surface area contributed by atoms with Crippen LogP contribution in [0.1, 0.15) is 0 Å². The standard InChI is InChI=1S/C12H10N4O3/c13-11-9(6-7-10(17)12(11)16(18)19)15-14-8-4-2-1-3-5-8/h1-7,17H,13H2. The van der Waals surface area contributed by atoms with Crippen molar-refractivity contribution in [3.63, 3.8) is 0 Å². The first kappa shape index (κ1) is 12.5. The van der Waals surface area contributed by atoms with Crippen LogP contribution in [-0.2, 0) is 0 Å². The molecule has 0 aromatic heterocycles. The number of nitrogens with zero attached hydrogens (tertiary/aromatic N) is 3. The van der Waals surface area contributed by atoms with Crippen molar-refractivity contribution >= 4 is 22.7 Å². The Hall–Kier alpha value is -2.96. The second kappa shape index (κ2) is 5.13. The van der Waals surface area contributed by atoms with Gasteiger partial charge >= 0.3 is 5.69 Å². The molecule has 7 nitrogen and oxygen atoms in total. The van der Waals surface area contributed by atoms with Crippen molar-refractivity contribution in [2.45, 2.75) is 0 Å². The van der Waals surface area contributed by atoms with Gasteiger partial charge in [-0.25, -0.2) is 0 Å². The van der Waals surface area contributed by atoms with Gasteiger partial charge in [0, 0.05) is 0 Å². The number of azo groups is 1. The average molecular weight is 258 g/mol. The molecule has 0 amide bonds. The summed E-state index contributed by atoms with van der Waals surface area (Å²) >= 11 is 0. The lowest BCUT2D eigenvalue weighted by molar-refractivity contribution is -0.384. The first-order chi connectivity index (χ1) is 9.09. The molecule has 0 bridgehead atoms. The second-order valence-electron chi connectivity index (χ2n) is 3.66. The van der Waals surface area contributed by atoms with Crippen molar-refractivity contribution in [3.05, 3.63) is 52.6 Å². The molecule has 3 N–H and O–H groups in total. The molecule has 0 heterocycles. The number of nitro benzene ring substituents is 1. The summed E-state index contributed by atoms with van der Waals surface area (Å²) in [6.45, 7) is 0. The number of rotatable bonds is 3. The Kier molecular flexibility index (Phi) is 3.37. The molecular weight excluding hydrogens is 248 g/mol. The summed E-state index contributed by atoms with van der Waals surface area (Å²) in [5.41, 5.74) is 5.54. The van der Waals surface area contributed by atoms with E-state index < -0.39 is 16.4 Å². The summed E-state index contributed by atoms with van der Waals surface area (Å²) in [5, 5.41) is 27.9. The van der Waals surface area contributed by atoms with Gasteiger partial charge in [0.2, 0.25) is 0 Å². The fourth-order valence-corrected chi connectivity index (χ4v) is 1.47. The summed E-state index contributed by atoms with van der Waals surface area (Å²) in [7, 11) is 0. The number of nitrogen functional groups attached to an aromatic ring is 1. The van der Waals surface area contributed by atoms with Crippen LogP contribution in [0.15, 0.2) is 52.7 Å². The SMILES string of the molecule is Nc1c(N=Nc2ccccc2)ccc(O)c1[N+](=O)[O-]. The minimum absolute atomic E-state index is 0.133. The molecule has 2 aromatic rings. The number of hydrogen-bond acceptors (Lipinski definition) is 6. The number of aromatic hydroxyl groups is 1. The van der Waals surface area contributed by atoms with E-state index in [0.29, 0.717) is 5.69 Å². The van der Waals surface area contributed by atoms with E-state index in [-0.39, 0.29) is 11.4 Å². The lowest BCUT2D eigenvalue weighted by atomic mass is 10.2. The highest BCUT2D eigenvalue weighted by Gasteiger charge is 2.20. The number of hydrogen-bond donors (Lipinski definition) is 2. The van der Waals surface area contributed by atoms with Gasteiger partial charge in [-0.05, 0) is 24.3 Å². The summed E-state index contributed by atoms with van der Waals surface area (Å²) in [5.74, 6) is -0.499. The highest BCUT2D eigenvalue weighted by Crippen LogP contribution is 2.39. The average Bonchev–Trinajstić information content (AvgIpc) is 2.38. The minimum atomic E-state index is -0.758. The molecule has 0 aliphatic carbocycles. The van der Waals surface area contributed by atoms with Crippen LogP contribution in [0.25, 0.3) is 0 Å². The van der Waals surface area contributed by atoms with E-state index in [1.54, 1.807) is 24.3 Å². The van der Waals surface area contributed by atoms with Gasteiger partial charge in [0.1, 0.15) is 11.4 Å². The van der Waals surface area contributed by atoms with E-state index in [4.69, 9.17) is 5.73 Å². The summed E-state index contributed by atoms with van der Waals surface area (Å²) < 4.78 is 0. The molecule has 0 aliphatic rings. The molecule has 0 atom stereocenters. The molecule has 0 spiro atoms. The molecule has 7 heteroatoms. The first-order valence-corrected chi connectivity index (χ1v) is 5.32. The molecule has 96 valence electrons. The van der Waals surface area contributed by atoms with Gasteiger partial charge in [-0.15, -0.1) is 5.11 Å². The summed E-state index contributed by atoms with van der Waals surface area (Å²) in [4.78, 5) is 10.0. The molecular formula is C12H10N4O3. The van der Waals surface area contributed by atoms with Crippen LogP contribution < -0.4 is 5.73 Å². The van der Waals surface area contributed by atoms with E-state index >= 15 is 0 Å². The molecule has 2 rings (SSSR count). The Morgan fingerprint density at radius 1 is 1.11 bits per heavy atom. The number of anilines is 1. The minimum Gasteiger partial charge on any atom is -0.502 e. The molecule has 0 saturated heterocycles. The molecule has 0 saturated carbocycles. The maximum Gasteiger partial charge on any atom is 0.335 e. The molecule has 19 heavy (non-hydrogen) atoms. The lowest BCUT2D eigenvalue weighted by Gasteiger charge is -2.02. The predicted molar refractivity (Wildman–Crippen MR) is 69.8 cm³/mol. The predicted octanol–water partition coefficient (Wildman–Crippen LogP) is 3.30. The Morgan fingerprint density at radius 2 is 1.79 bits per heavy atom. The fraction of sp³-hybridized carbons (Fsp3) is 0. The third-order valence-corrected chi connectivity index (χ3v) is 2.38. The van der Waals surface area contributed by atoms with E-state index in [9.17, 15) is 15.2 Å². The number of nitrogens with two attached hydrogens (primary N) is 1. The van der Waals surface area contributed by atoms with Gasteiger partial charge in [-0.3, -0.25) is 10.1 Å². The van der Waals surface area contributed by atoms with Crippen molar-refractivity contribution in [2.75, 3.05) is 5.73 Å². The Morgan fingerprint density at radius 3 is 2.42 bits per heavy atom. The molecule has 0 fully saturated rings. The molecule has 0 unspecified atom stereocenters. The topological polar surface area (TPSA) is 114 Å². The highest BCUT2D eigenvalue weighted by atomic mass is 16.6. The third kappa shape index (κ3) is 2.65. The van der Waals surface area contributed by atoms with Gasteiger partial charge in [0.25, 0.3) is 0 Å². The quantitative estimate of drug-likeness (QED) is 0.380. The second-order valence-corrected chi connectivity index (χ2v) is 3.66. The zero-order valence-corrected chi connectivity index (χ0v) is 9.72. The Balaban J connectivity index is 2.39. The lowest BCUT2D eigenvalue weighted by Crippen LogP contribution is -1.96. The van der Waals surface area contributed by atoms with Crippen LogP contribution in [0, 0.1) is 10.1 Å². The van der Waals surface area contributed by atoms with Crippen molar-refractivity contribution in [2.24, 2.45) is 10.2 Å². The van der Waals surface area contributed by atoms with Gasteiger partial charge in [0.15, 0.2) is 5.75 Å².